The van der Waals surface area contributed by atoms with E-state index < -0.39 is 0 Å². The number of rotatable bonds is 6. The fourth-order valence-corrected chi connectivity index (χ4v) is 2.99. The van der Waals surface area contributed by atoms with Crippen LogP contribution >= 0.6 is 23.4 Å². The molecule has 0 saturated carbocycles. The van der Waals surface area contributed by atoms with Gasteiger partial charge in [0.1, 0.15) is 5.58 Å². The Morgan fingerprint density at radius 1 is 1.45 bits per heavy atom. The minimum atomic E-state index is 0.0817. The summed E-state index contributed by atoms with van der Waals surface area (Å²) in [4.78, 5) is 11.9. The Hall–Kier alpha value is -1.07. The molecule has 1 heterocycles. The van der Waals surface area contributed by atoms with Crippen LogP contribution in [0.25, 0.3) is 11.0 Å². The van der Waals surface area contributed by atoms with Gasteiger partial charge in [-0.05, 0) is 37.3 Å². The zero-order chi connectivity index (χ0) is 16.3. The van der Waals surface area contributed by atoms with Crippen molar-refractivity contribution in [2.45, 2.75) is 32.9 Å². The summed E-state index contributed by atoms with van der Waals surface area (Å²) in [6.45, 7) is 6.55. The van der Waals surface area contributed by atoms with Gasteiger partial charge in [-0.2, -0.15) is 11.8 Å². The molecule has 3 nitrogen and oxygen atoms in total. The molecular weight excluding hydrogens is 317 g/mol. The molecule has 0 bridgehead atoms. The van der Waals surface area contributed by atoms with Crippen LogP contribution in [-0.2, 0) is 11.2 Å². The van der Waals surface area contributed by atoms with Gasteiger partial charge < -0.3 is 9.73 Å². The molecule has 1 atom stereocenters. The number of aryl methyl sites for hydroxylation is 1. The second-order valence-corrected chi connectivity index (χ2v) is 7.14. The minimum absolute atomic E-state index is 0.0817. The Labute approximate surface area is 141 Å². The predicted molar refractivity (Wildman–Crippen MR) is 97.5 cm³/mol. The summed E-state index contributed by atoms with van der Waals surface area (Å²) in [5.41, 5.74) is 2.90. The summed E-state index contributed by atoms with van der Waals surface area (Å²) < 4.78 is 5.69. The first-order valence-electron chi connectivity index (χ1n) is 7.37. The van der Waals surface area contributed by atoms with E-state index in [4.69, 9.17) is 16.0 Å². The Kier molecular flexibility index (Phi) is 5.87. The van der Waals surface area contributed by atoms with E-state index in [0.29, 0.717) is 17.5 Å². The molecule has 0 saturated heterocycles. The van der Waals surface area contributed by atoms with E-state index in [-0.39, 0.29) is 11.8 Å². The highest BCUT2D eigenvalue weighted by Gasteiger charge is 2.21. The molecule has 118 valence electrons. The van der Waals surface area contributed by atoms with Crippen molar-refractivity contribution in [2.24, 2.45) is 0 Å². The average molecular weight is 338 g/mol. The number of hydrogen-bond acceptors (Lipinski definition) is 3. The van der Waals surface area contributed by atoms with Gasteiger partial charge in [0.15, 0.2) is 6.71 Å². The molecule has 22 heavy (non-hydrogen) atoms. The summed E-state index contributed by atoms with van der Waals surface area (Å²) in [6.07, 6.45) is 4.47. The number of hydrogen-bond donors (Lipinski definition) is 1. The first kappa shape index (κ1) is 17.3. The molecule has 0 unspecified atom stereocenters. The highest BCUT2D eigenvalue weighted by Crippen LogP contribution is 2.29. The maximum atomic E-state index is 11.9. The fraction of sp³-hybridized carbons (Fsp3) is 0.438. The zero-order valence-electron chi connectivity index (χ0n) is 13.4. The second-order valence-electron chi connectivity index (χ2n) is 5.87. The lowest BCUT2D eigenvalue weighted by molar-refractivity contribution is -0.118. The van der Waals surface area contributed by atoms with E-state index in [9.17, 15) is 4.79 Å². The van der Waals surface area contributed by atoms with Crippen LogP contribution in [-0.4, -0.2) is 30.6 Å². The van der Waals surface area contributed by atoms with Gasteiger partial charge in [-0.25, -0.2) is 0 Å². The lowest BCUT2D eigenvalue weighted by Gasteiger charge is -2.20. The van der Waals surface area contributed by atoms with E-state index in [2.05, 4.69) is 19.0 Å². The Bertz CT molecular complexity index is 671. The van der Waals surface area contributed by atoms with Crippen LogP contribution < -0.4 is 5.32 Å². The zero-order valence-corrected chi connectivity index (χ0v) is 15.0. The number of carbonyl (C=O) groups excluding carboxylic acids is 1. The SMILES string of the molecule is CSCC(=O)N[C@@H](Cc1coc2c(C)c(Cl)ccc12)B(C)C. The first-order valence-corrected chi connectivity index (χ1v) is 9.14. The standard InChI is InChI=1S/C16H21BClNO2S/c1-10-13(18)6-5-12-11(8-21-16(10)12)7-14(17(2)3)19-15(20)9-22-4/h5-6,8,14H,7,9H2,1-4H3,(H,19,20)/t14-/m0/s1. The van der Waals surface area contributed by atoms with Crippen molar-refractivity contribution in [3.63, 3.8) is 0 Å². The monoisotopic (exact) mass is 337 g/mol. The second kappa shape index (κ2) is 7.47. The van der Waals surface area contributed by atoms with Crippen molar-refractivity contribution in [2.75, 3.05) is 12.0 Å². The Morgan fingerprint density at radius 2 is 2.18 bits per heavy atom. The molecule has 1 N–H and O–H groups in total. The van der Waals surface area contributed by atoms with Gasteiger partial charge in [-0.1, -0.05) is 25.2 Å². The molecule has 6 heteroatoms. The number of furan rings is 1. The molecule has 2 aromatic rings. The summed E-state index contributed by atoms with van der Waals surface area (Å²) in [7, 11) is 0. The van der Waals surface area contributed by atoms with E-state index in [0.717, 1.165) is 28.5 Å². The summed E-state index contributed by atoms with van der Waals surface area (Å²) in [6, 6.07) is 3.89. The normalized spacial score (nSPS) is 12.4. The molecule has 0 aliphatic heterocycles. The van der Waals surface area contributed by atoms with E-state index >= 15 is 0 Å². The van der Waals surface area contributed by atoms with Gasteiger partial charge in [0, 0.05) is 21.9 Å². The van der Waals surface area contributed by atoms with Gasteiger partial charge in [0.05, 0.1) is 12.0 Å². The van der Waals surface area contributed by atoms with Crippen molar-refractivity contribution in [3.05, 3.63) is 34.5 Å². The first-order chi connectivity index (χ1) is 10.4. The van der Waals surface area contributed by atoms with Crippen LogP contribution in [0.5, 0.6) is 0 Å². The molecule has 0 spiro atoms. The molecule has 1 aromatic heterocycles. The Balaban J connectivity index is 2.23. The van der Waals surface area contributed by atoms with Gasteiger partial charge >= 0.3 is 0 Å². The molecule has 0 fully saturated rings. The van der Waals surface area contributed by atoms with Crippen LogP contribution in [0, 0.1) is 6.92 Å². The smallest absolute Gasteiger partial charge is 0.229 e. The minimum Gasteiger partial charge on any atom is -0.464 e. The highest BCUT2D eigenvalue weighted by atomic mass is 35.5. The lowest BCUT2D eigenvalue weighted by atomic mass is 9.47. The summed E-state index contributed by atoms with van der Waals surface area (Å²) in [5, 5.41) is 4.90. The number of amides is 1. The summed E-state index contributed by atoms with van der Waals surface area (Å²) in [5.74, 6) is 0.666. The van der Waals surface area contributed by atoms with Gasteiger partial charge in [-0.3, -0.25) is 4.79 Å². The third kappa shape index (κ3) is 3.82. The molecule has 0 aliphatic carbocycles. The van der Waals surface area contributed by atoms with Crippen molar-refractivity contribution in [1.29, 1.82) is 0 Å². The molecule has 0 aliphatic rings. The van der Waals surface area contributed by atoms with Gasteiger partial charge in [0.2, 0.25) is 5.91 Å². The third-order valence-electron chi connectivity index (χ3n) is 3.87. The molecule has 2 rings (SSSR count). The number of benzene rings is 1. The maximum absolute atomic E-state index is 11.9. The van der Waals surface area contributed by atoms with E-state index in [1.54, 1.807) is 6.26 Å². The number of nitrogens with one attached hydrogen (secondary N) is 1. The van der Waals surface area contributed by atoms with Gasteiger partial charge in [0.25, 0.3) is 0 Å². The Morgan fingerprint density at radius 3 is 2.82 bits per heavy atom. The van der Waals surface area contributed by atoms with Crippen molar-refractivity contribution in [1.82, 2.24) is 5.32 Å². The van der Waals surface area contributed by atoms with Crippen LogP contribution in [0.1, 0.15) is 11.1 Å². The highest BCUT2D eigenvalue weighted by molar-refractivity contribution is 7.99. The largest absolute Gasteiger partial charge is 0.464 e. The third-order valence-corrected chi connectivity index (χ3v) is 4.83. The topological polar surface area (TPSA) is 42.2 Å². The van der Waals surface area contributed by atoms with Gasteiger partial charge in [-0.15, -0.1) is 0 Å². The molecule has 1 amide bonds. The number of carbonyl (C=O) groups is 1. The van der Waals surface area contributed by atoms with Crippen molar-refractivity contribution < 1.29 is 9.21 Å². The lowest BCUT2D eigenvalue weighted by Crippen LogP contribution is -2.45. The average Bonchev–Trinajstić information content (AvgIpc) is 2.86. The number of thioether (sulfide) groups is 1. The molecular formula is C16H21BClNO2S. The predicted octanol–water partition coefficient (Wildman–Crippen LogP) is 4.08. The fourth-order valence-electron chi connectivity index (χ4n) is 2.49. The quantitative estimate of drug-likeness (QED) is 0.808. The van der Waals surface area contributed by atoms with Crippen molar-refractivity contribution >= 4 is 47.0 Å². The van der Waals surface area contributed by atoms with E-state index in [1.165, 1.54) is 11.8 Å². The number of halogens is 1. The molecule has 0 radical (unpaired) electrons. The number of fused-ring (bicyclic) bond motifs is 1. The maximum Gasteiger partial charge on any atom is 0.229 e. The summed E-state index contributed by atoms with van der Waals surface area (Å²) >= 11 is 7.67. The van der Waals surface area contributed by atoms with E-state index in [1.807, 2.05) is 25.3 Å². The van der Waals surface area contributed by atoms with Crippen LogP contribution in [0.2, 0.25) is 18.7 Å². The van der Waals surface area contributed by atoms with Crippen LogP contribution in [0.4, 0.5) is 0 Å². The van der Waals surface area contributed by atoms with Crippen LogP contribution in [0.15, 0.2) is 22.8 Å². The van der Waals surface area contributed by atoms with Crippen molar-refractivity contribution in [3.8, 4) is 0 Å². The molecule has 1 aromatic carbocycles. The van der Waals surface area contributed by atoms with Crippen LogP contribution in [0.3, 0.4) is 0 Å².